The molecule has 0 spiro atoms. The van der Waals surface area contributed by atoms with Gasteiger partial charge in [0.2, 0.25) is 5.95 Å². The first-order valence-corrected chi connectivity index (χ1v) is 13.3. The maximum absolute atomic E-state index is 12.7. The van der Waals surface area contributed by atoms with E-state index < -0.39 is 5.91 Å². The fourth-order valence-corrected chi connectivity index (χ4v) is 4.89. The topological polar surface area (TPSA) is 113 Å². The Bertz CT molecular complexity index is 1370. The normalized spacial score (nSPS) is 18.1. The largest absolute Gasteiger partial charge is 0.369 e. The molecule has 5 rings (SSSR count). The predicted molar refractivity (Wildman–Crippen MR) is 153 cm³/mol. The number of aromatic nitrogens is 3. The van der Waals surface area contributed by atoms with E-state index in [9.17, 15) is 10.1 Å². The van der Waals surface area contributed by atoms with Crippen molar-refractivity contribution in [2.75, 3.05) is 61.4 Å². The van der Waals surface area contributed by atoms with Gasteiger partial charge < -0.3 is 25.3 Å². The molecule has 2 saturated heterocycles. The van der Waals surface area contributed by atoms with E-state index in [1.165, 1.54) is 11.8 Å². The molecule has 1 atom stereocenters. The van der Waals surface area contributed by atoms with Gasteiger partial charge in [-0.3, -0.25) is 9.78 Å². The van der Waals surface area contributed by atoms with Crippen molar-refractivity contribution in [2.45, 2.75) is 12.5 Å². The van der Waals surface area contributed by atoms with Crippen LogP contribution in [0, 0.1) is 11.3 Å². The highest BCUT2D eigenvalue weighted by atomic mass is 35.5. The molecule has 2 N–H and O–H groups in total. The summed E-state index contributed by atoms with van der Waals surface area (Å²) in [5.74, 6) is 0.620. The van der Waals surface area contributed by atoms with Gasteiger partial charge in [-0.15, -0.1) is 0 Å². The molecule has 3 aromatic rings. The molecule has 2 aromatic heterocycles. The summed E-state index contributed by atoms with van der Waals surface area (Å²) in [6.45, 7) is 5.33. The van der Waals surface area contributed by atoms with Crippen molar-refractivity contribution >= 4 is 46.7 Å². The molecule has 1 aromatic carbocycles. The highest BCUT2D eigenvalue weighted by molar-refractivity contribution is 6.32. The lowest BCUT2D eigenvalue weighted by Gasteiger charge is -2.34. The second-order valence-electron chi connectivity index (χ2n) is 9.66. The Morgan fingerprint density at radius 3 is 2.59 bits per heavy atom. The first kappa shape index (κ1) is 26.4. The summed E-state index contributed by atoms with van der Waals surface area (Å²) in [6, 6.07) is 15.4. The monoisotopic (exact) mass is 543 g/mol. The van der Waals surface area contributed by atoms with Crippen molar-refractivity contribution < 1.29 is 4.79 Å². The number of nitrogens with zero attached hydrogens (tertiary/aromatic N) is 7. The van der Waals surface area contributed by atoms with Crippen LogP contribution in [0.15, 0.2) is 60.4 Å². The van der Waals surface area contributed by atoms with E-state index in [4.69, 9.17) is 11.6 Å². The Labute approximate surface area is 232 Å². The van der Waals surface area contributed by atoms with Gasteiger partial charge in [0.15, 0.2) is 5.82 Å². The van der Waals surface area contributed by atoms with Gasteiger partial charge in [-0.25, -0.2) is 4.98 Å². The van der Waals surface area contributed by atoms with Crippen molar-refractivity contribution in [1.29, 1.82) is 5.26 Å². The minimum Gasteiger partial charge on any atom is -0.369 e. The highest BCUT2D eigenvalue weighted by Gasteiger charge is 2.27. The molecule has 0 saturated carbocycles. The molecular weight excluding hydrogens is 514 g/mol. The molecule has 10 nitrogen and oxygen atoms in total. The summed E-state index contributed by atoms with van der Waals surface area (Å²) in [5, 5.41) is 16.1. The van der Waals surface area contributed by atoms with E-state index in [1.54, 1.807) is 30.6 Å². The van der Waals surface area contributed by atoms with Gasteiger partial charge in [0.1, 0.15) is 16.7 Å². The number of hydrogen-bond donors (Lipinski definition) is 2. The zero-order valence-corrected chi connectivity index (χ0v) is 22.5. The van der Waals surface area contributed by atoms with Crippen molar-refractivity contribution in [3.63, 3.8) is 0 Å². The molecule has 0 unspecified atom stereocenters. The molecule has 2 aliphatic heterocycles. The van der Waals surface area contributed by atoms with Crippen LogP contribution in [-0.2, 0) is 4.79 Å². The van der Waals surface area contributed by atoms with Gasteiger partial charge >= 0.3 is 0 Å². The maximum atomic E-state index is 12.7. The standard InChI is InChI=1S/C28H30ClN9O/c1-36-12-14-37(15-13-36)24-7-5-21(6-8-24)34-28-32-18-25(29)26(35-28)38-11-9-23(19-38)33-27(39)20(17-30)16-22-4-2-3-10-31-22/h2-8,10,16,18,23H,9,11-15,19H2,1H3,(H,33,39)(H,32,34,35)/b20-16+/t23-/m1/s1. The summed E-state index contributed by atoms with van der Waals surface area (Å²) in [7, 11) is 2.15. The summed E-state index contributed by atoms with van der Waals surface area (Å²) >= 11 is 6.46. The van der Waals surface area contributed by atoms with Crippen LogP contribution in [0.25, 0.3) is 6.08 Å². The van der Waals surface area contributed by atoms with Gasteiger partial charge in [-0.1, -0.05) is 17.7 Å². The molecule has 0 bridgehead atoms. The Morgan fingerprint density at radius 1 is 1.08 bits per heavy atom. The summed E-state index contributed by atoms with van der Waals surface area (Å²) < 4.78 is 0. The number of nitrogens with one attached hydrogen (secondary N) is 2. The summed E-state index contributed by atoms with van der Waals surface area (Å²) in [5.41, 5.74) is 2.65. The van der Waals surface area contributed by atoms with E-state index >= 15 is 0 Å². The number of pyridine rings is 1. The van der Waals surface area contributed by atoms with Gasteiger partial charge in [-0.2, -0.15) is 10.2 Å². The molecule has 200 valence electrons. The van der Waals surface area contributed by atoms with E-state index in [-0.39, 0.29) is 11.6 Å². The van der Waals surface area contributed by atoms with E-state index in [0.717, 1.165) is 31.9 Å². The lowest BCUT2D eigenvalue weighted by Crippen LogP contribution is -2.44. The van der Waals surface area contributed by atoms with Crippen LogP contribution in [0.4, 0.5) is 23.1 Å². The number of likely N-dealkylation sites (N-methyl/N-ethyl adjacent to an activating group) is 1. The van der Waals surface area contributed by atoms with Crippen LogP contribution in [0.5, 0.6) is 0 Å². The SMILES string of the molecule is CN1CCN(c2ccc(Nc3ncc(Cl)c(N4CC[C@@H](NC(=O)/C(C#N)=C/c5ccccn5)C4)n3)cc2)CC1. The fourth-order valence-electron chi connectivity index (χ4n) is 4.68. The molecule has 2 fully saturated rings. The molecule has 11 heteroatoms. The van der Waals surface area contributed by atoms with Gasteiger partial charge in [0, 0.05) is 62.9 Å². The van der Waals surface area contributed by atoms with Crippen LogP contribution in [0.2, 0.25) is 5.02 Å². The minimum atomic E-state index is -0.425. The van der Waals surface area contributed by atoms with Crippen molar-refractivity contribution in [3.05, 3.63) is 71.1 Å². The van der Waals surface area contributed by atoms with E-state index in [1.807, 2.05) is 23.1 Å². The Morgan fingerprint density at radius 2 is 1.87 bits per heavy atom. The third-order valence-corrected chi connectivity index (χ3v) is 7.15. The van der Waals surface area contributed by atoms with Crippen molar-refractivity contribution in [2.24, 2.45) is 0 Å². The zero-order chi connectivity index (χ0) is 27.2. The molecule has 4 heterocycles. The third kappa shape index (κ3) is 6.63. The van der Waals surface area contributed by atoms with Crippen molar-refractivity contribution in [3.8, 4) is 6.07 Å². The highest BCUT2D eigenvalue weighted by Crippen LogP contribution is 2.28. The minimum absolute atomic E-state index is 0.0114. The predicted octanol–water partition coefficient (Wildman–Crippen LogP) is 3.32. The summed E-state index contributed by atoms with van der Waals surface area (Å²) in [4.78, 5) is 32.6. The number of halogens is 1. The van der Waals surface area contributed by atoms with Gasteiger partial charge in [0.05, 0.1) is 11.9 Å². The Balaban J connectivity index is 1.20. The van der Waals surface area contributed by atoms with Crippen LogP contribution in [0.1, 0.15) is 12.1 Å². The number of carbonyl (C=O) groups excluding carboxylic acids is 1. The smallest absolute Gasteiger partial charge is 0.262 e. The maximum Gasteiger partial charge on any atom is 0.262 e. The number of amides is 1. The van der Waals surface area contributed by atoms with E-state index in [2.05, 4.69) is 54.6 Å². The molecule has 0 radical (unpaired) electrons. The molecule has 39 heavy (non-hydrogen) atoms. The van der Waals surface area contributed by atoms with Crippen LogP contribution < -0.4 is 20.4 Å². The molecule has 2 aliphatic rings. The average Bonchev–Trinajstić information content (AvgIpc) is 3.42. The lowest BCUT2D eigenvalue weighted by molar-refractivity contribution is -0.117. The number of rotatable bonds is 7. The number of benzene rings is 1. The van der Waals surface area contributed by atoms with Crippen LogP contribution in [-0.4, -0.2) is 78.1 Å². The molecule has 1 amide bonds. The molecule has 0 aliphatic carbocycles. The van der Waals surface area contributed by atoms with Crippen LogP contribution in [0.3, 0.4) is 0 Å². The fraction of sp³-hybridized carbons (Fsp3) is 0.321. The number of piperazine rings is 1. The van der Waals surface area contributed by atoms with Crippen LogP contribution >= 0.6 is 11.6 Å². The van der Waals surface area contributed by atoms with Gasteiger partial charge in [-0.05, 0) is 55.9 Å². The Hall–Kier alpha value is -4.20. The second-order valence-corrected chi connectivity index (χ2v) is 10.1. The van der Waals surface area contributed by atoms with Gasteiger partial charge in [0.25, 0.3) is 5.91 Å². The first-order chi connectivity index (χ1) is 19.0. The quantitative estimate of drug-likeness (QED) is 0.342. The zero-order valence-electron chi connectivity index (χ0n) is 21.7. The van der Waals surface area contributed by atoms with E-state index in [0.29, 0.717) is 42.0 Å². The first-order valence-electron chi connectivity index (χ1n) is 12.9. The number of anilines is 4. The Kier molecular flexibility index (Phi) is 8.20. The molecular formula is C28H30ClN9O. The second kappa shape index (κ2) is 12.1. The lowest BCUT2D eigenvalue weighted by atomic mass is 10.2. The third-order valence-electron chi connectivity index (χ3n) is 6.89. The average molecular weight is 544 g/mol. The number of nitriles is 1. The van der Waals surface area contributed by atoms with Crippen molar-refractivity contribution in [1.82, 2.24) is 25.2 Å². The number of hydrogen-bond acceptors (Lipinski definition) is 9. The summed E-state index contributed by atoms with van der Waals surface area (Å²) in [6.07, 6.45) is 5.38. The number of carbonyl (C=O) groups is 1.